The molecule has 1 N–H and O–H groups in total. The van der Waals surface area contributed by atoms with Gasteiger partial charge in [-0.3, -0.25) is 4.79 Å². The van der Waals surface area contributed by atoms with E-state index < -0.39 is 0 Å². The molecule has 0 saturated carbocycles. The molecule has 0 saturated heterocycles. The second-order valence-corrected chi connectivity index (χ2v) is 7.38. The molecule has 0 aliphatic heterocycles. The Kier molecular flexibility index (Phi) is 5.01. The number of hydrogen-bond donors (Lipinski definition) is 1. The molecule has 122 valence electrons. The maximum Gasteiger partial charge on any atom is 0.209 e. The minimum absolute atomic E-state index is 0.0288. The first-order chi connectivity index (χ1) is 11.4. The summed E-state index contributed by atoms with van der Waals surface area (Å²) in [5, 5.41) is 9.19. The first-order valence-corrected chi connectivity index (χ1v) is 8.86. The van der Waals surface area contributed by atoms with Gasteiger partial charge in [-0.1, -0.05) is 34.5 Å². The minimum atomic E-state index is 0.0288. The largest absolute Gasteiger partial charge is 0.330 e. The molecule has 0 bridgehead atoms. The lowest BCUT2D eigenvalue weighted by molar-refractivity contribution is 0.101. The fourth-order valence-corrected chi connectivity index (χ4v) is 3.39. The number of nitrogens with zero attached hydrogens (tertiary/aromatic N) is 2. The lowest BCUT2D eigenvalue weighted by Crippen LogP contribution is -1.98. The SMILES string of the molecule is CC(=O)c1ccc(Nc2nn(-c3ccc(Cl)c(Cl)c3)c(=S)s2)cc1. The van der Waals surface area contributed by atoms with Crippen molar-refractivity contribution in [3.05, 3.63) is 62.0 Å². The lowest BCUT2D eigenvalue weighted by Gasteiger charge is -2.04. The van der Waals surface area contributed by atoms with Gasteiger partial charge in [-0.15, -0.1) is 5.10 Å². The number of carbonyl (C=O) groups is 1. The maximum atomic E-state index is 11.3. The number of nitrogens with one attached hydrogen (secondary N) is 1. The Labute approximate surface area is 157 Å². The number of halogens is 2. The molecular formula is C16H11Cl2N3OS2. The summed E-state index contributed by atoms with van der Waals surface area (Å²) in [6.45, 7) is 1.53. The molecule has 1 heterocycles. The van der Waals surface area contributed by atoms with Crippen LogP contribution in [0.4, 0.5) is 10.8 Å². The van der Waals surface area contributed by atoms with Crippen molar-refractivity contribution in [1.82, 2.24) is 9.78 Å². The zero-order chi connectivity index (χ0) is 17.3. The lowest BCUT2D eigenvalue weighted by atomic mass is 10.1. The van der Waals surface area contributed by atoms with Gasteiger partial charge < -0.3 is 5.32 Å². The van der Waals surface area contributed by atoms with Gasteiger partial charge in [0, 0.05) is 11.3 Å². The van der Waals surface area contributed by atoms with E-state index in [0.29, 0.717) is 24.7 Å². The van der Waals surface area contributed by atoms with Gasteiger partial charge in [-0.2, -0.15) is 0 Å². The summed E-state index contributed by atoms with van der Waals surface area (Å²) < 4.78 is 2.20. The predicted molar refractivity (Wildman–Crippen MR) is 102 cm³/mol. The highest BCUT2D eigenvalue weighted by atomic mass is 35.5. The smallest absolute Gasteiger partial charge is 0.209 e. The predicted octanol–water partition coefficient (Wildman–Crippen LogP) is 5.92. The van der Waals surface area contributed by atoms with Crippen LogP contribution in [-0.4, -0.2) is 15.6 Å². The van der Waals surface area contributed by atoms with Crippen molar-refractivity contribution in [3.63, 3.8) is 0 Å². The normalized spacial score (nSPS) is 10.6. The highest BCUT2D eigenvalue weighted by Crippen LogP contribution is 2.27. The van der Waals surface area contributed by atoms with E-state index in [2.05, 4.69) is 10.4 Å². The quantitative estimate of drug-likeness (QED) is 0.440. The van der Waals surface area contributed by atoms with Crippen molar-refractivity contribution in [2.24, 2.45) is 0 Å². The average molecular weight is 396 g/mol. The maximum absolute atomic E-state index is 11.3. The van der Waals surface area contributed by atoms with Crippen molar-refractivity contribution in [2.75, 3.05) is 5.32 Å². The summed E-state index contributed by atoms with van der Waals surface area (Å²) in [5.41, 5.74) is 2.23. The zero-order valence-electron chi connectivity index (χ0n) is 12.4. The van der Waals surface area contributed by atoms with Crippen LogP contribution in [0.15, 0.2) is 42.5 Å². The highest BCUT2D eigenvalue weighted by Gasteiger charge is 2.08. The van der Waals surface area contributed by atoms with Crippen molar-refractivity contribution in [1.29, 1.82) is 0 Å². The number of carbonyl (C=O) groups excluding carboxylic acids is 1. The molecule has 0 radical (unpaired) electrons. The van der Waals surface area contributed by atoms with Crippen molar-refractivity contribution in [3.8, 4) is 5.69 Å². The second kappa shape index (κ2) is 7.03. The van der Waals surface area contributed by atoms with E-state index in [4.69, 9.17) is 35.4 Å². The number of rotatable bonds is 4. The molecular weight excluding hydrogens is 385 g/mol. The summed E-state index contributed by atoms with van der Waals surface area (Å²) in [7, 11) is 0. The molecule has 2 aromatic carbocycles. The topological polar surface area (TPSA) is 46.9 Å². The summed E-state index contributed by atoms with van der Waals surface area (Å²) in [5.74, 6) is 0.0288. The number of aromatic nitrogens is 2. The van der Waals surface area contributed by atoms with Crippen molar-refractivity contribution >= 4 is 63.4 Å². The first-order valence-electron chi connectivity index (χ1n) is 6.87. The molecule has 0 spiro atoms. The van der Waals surface area contributed by atoms with E-state index in [1.165, 1.54) is 18.3 Å². The second-order valence-electron chi connectivity index (χ2n) is 4.94. The Hall–Kier alpha value is -1.73. The van der Waals surface area contributed by atoms with Crippen molar-refractivity contribution in [2.45, 2.75) is 6.92 Å². The van der Waals surface area contributed by atoms with E-state index >= 15 is 0 Å². The summed E-state index contributed by atoms with van der Waals surface area (Å²) in [6.07, 6.45) is 0. The van der Waals surface area contributed by atoms with Crippen LogP contribution in [0.2, 0.25) is 10.0 Å². The Morgan fingerprint density at radius 2 is 1.88 bits per heavy atom. The molecule has 0 aliphatic carbocycles. The average Bonchev–Trinajstić information content (AvgIpc) is 2.91. The van der Waals surface area contributed by atoms with Gasteiger partial charge in [-0.05, 0) is 61.6 Å². The standard InChI is InChI=1S/C16H11Cl2N3OS2/c1-9(22)10-2-4-11(5-3-10)19-15-20-21(16(23)24-15)12-6-7-13(17)14(18)8-12/h2-8H,1H3,(H,19,20). The van der Waals surface area contributed by atoms with E-state index in [-0.39, 0.29) is 5.78 Å². The van der Waals surface area contributed by atoms with Gasteiger partial charge >= 0.3 is 0 Å². The summed E-state index contributed by atoms with van der Waals surface area (Å²) in [4.78, 5) is 11.3. The Morgan fingerprint density at radius 1 is 1.17 bits per heavy atom. The third kappa shape index (κ3) is 3.67. The number of hydrogen-bond acceptors (Lipinski definition) is 5. The molecule has 0 atom stereocenters. The van der Waals surface area contributed by atoms with Crippen LogP contribution < -0.4 is 5.32 Å². The first kappa shape index (κ1) is 17.1. The molecule has 3 rings (SSSR count). The van der Waals surface area contributed by atoms with Gasteiger partial charge in [0.15, 0.2) is 9.74 Å². The molecule has 0 aliphatic rings. The van der Waals surface area contributed by atoms with Crippen molar-refractivity contribution < 1.29 is 4.79 Å². The van der Waals surface area contributed by atoms with Crippen LogP contribution in [0.5, 0.6) is 0 Å². The molecule has 4 nitrogen and oxygen atoms in total. The highest BCUT2D eigenvalue weighted by molar-refractivity contribution is 7.73. The number of anilines is 2. The van der Waals surface area contributed by atoms with Gasteiger partial charge in [0.25, 0.3) is 0 Å². The zero-order valence-corrected chi connectivity index (χ0v) is 15.6. The molecule has 1 aromatic heterocycles. The van der Waals surface area contributed by atoms with Crippen LogP contribution >= 0.6 is 46.8 Å². The Balaban J connectivity index is 1.87. The summed E-state index contributed by atoms with van der Waals surface area (Å²) >= 11 is 18.7. The number of benzene rings is 2. The van der Waals surface area contributed by atoms with Gasteiger partial charge in [0.05, 0.1) is 15.7 Å². The third-order valence-corrected chi connectivity index (χ3v) is 5.12. The summed E-state index contributed by atoms with van der Waals surface area (Å²) in [6, 6.07) is 12.4. The van der Waals surface area contributed by atoms with E-state index in [1.54, 1.807) is 35.0 Å². The fourth-order valence-electron chi connectivity index (χ4n) is 2.02. The molecule has 0 fully saturated rings. The Morgan fingerprint density at radius 3 is 2.50 bits per heavy atom. The Bertz CT molecular complexity index is 964. The van der Waals surface area contributed by atoms with E-state index in [1.807, 2.05) is 12.1 Å². The van der Waals surface area contributed by atoms with Gasteiger partial charge in [0.1, 0.15) is 0 Å². The van der Waals surface area contributed by atoms with Crippen LogP contribution in [0.1, 0.15) is 17.3 Å². The van der Waals surface area contributed by atoms with E-state index in [0.717, 1.165) is 11.4 Å². The number of Topliss-reactive ketones (excluding diaryl/α,β-unsaturated/α-hetero) is 1. The van der Waals surface area contributed by atoms with E-state index in [9.17, 15) is 4.79 Å². The van der Waals surface area contributed by atoms with Crippen LogP contribution in [0.25, 0.3) is 5.69 Å². The van der Waals surface area contributed by atoms with Crippen LogP contribution in [0.3, 0.4) is 0 Å². The van der Waals surface area contributed by atoms with Gasteiger partial charge in [0.2, 0.25) is 5.13 Å². The minimum Gasteiger partial charge on any atom is -0.330 e. The molecule has 3 aromatic rings. The van der Waals surface area contributed by atoms with Crippen LogP contribution in [-0.2, 0) is 0 Å². The van der Waals surface area contributed by atoms with Crippen LogP contribution in [0, 0.1) is 3.95 Å². The molecule has 8 heteroatoms. The molecule has 24 heavy (non-hydrogen) atoms. The molecule has 0 unspecified atom stereocenters. The van der Waals surface area contributed by atoms with Gasteiger partial charge in [-0.25, -0.2) is 4.68 Å². The number of ketones is 1. The monoisotopic (exact) mass is 395 g/mol. The third-order valence-electron chi connectivity index (χ3n) is 3.24. The fraction of sp³-hybridized carbons (Fsp3) is 0.0625. The molecule has 0 amide bonds.